The molecule has 1 N–H and O–H groups in total. The first-order valence-corrected chi connectivity index (χ1v) is 7.55. The summed E-state index contributed by atoms with van der Waals surface area (Å²) in [7, 11) is 0. The summed E-state index contributed by atoms with van der Waals surface area (Å²) in [5, 5.41) is 5.52. The lowest BCUT2D eigenvalue weighted by atomic mass is 10.2. The molecule has 0 atom stereocenters. The van der Waals surface area contributed by atoms with Crippen molar-refractivity contribution < 1.29 is 4.79 Å². The largest absolute Gasteiger partial charge is 0.352 e. The number of rotatable bonds is 5. The van der Waals surface area contributed by atoms with Crippen molar-refractivity contribution in [2.24, 2.45) is 4.99 Å². The topological polar surface area (TPSA) is 41.5 Å². The molecule has 1 aromatic heterocycles. The molecule has 0 aliphatic carbocycles. The van der Waals surface area contributed by atoms with Crippen LogP contribution in [0.2, 0.25) is 0 Å². The minimum atomic E-state index is -0.0517. The van der Waals surface area contributed by atoms with Gasteiger partial charge in [-0.2, -0.15) is 0 Å². The highest BCUT2D eigenvalue weighted by Gasteiger charge is 2.10. The van der Waals surface area contributed by atoms with Crippen LogP contribution in [0.15, 0.2) is 40.7 Å². The van der Waals surface area contributed by atoms with Crippen LogP contribution in [0.25, 0.3) is 0 Å². The first-order chi connectivity index (χ1) is 9.70. The number of nitrogens with zero attached hydrogens (tertiary/aromatic N) is 1. The molecule has 1 aromatic carbocycles. The SMILES string of the molecule is CCCNC(=O)c1ccsc1/N=C/c1ccc(C)cc1. The van der Waals surface area contributed by atoms with Gasteiger partial charge in [0.15, 0.2) is 0 Å². The number of amides is 1. The van der Waals surface area contributed by atoms with Crippen LogP contribution in [0, 0.1) is 6.92 Å². The highest BCUT2D eigenvalue weighted by Crippen LogP contribution is 2.26. The molecule has 4 heteroatoms. The zero-order valence-corrected chi connectivity index (χ0v) is 12.5. The van der Waals surface area contributed by atoms with Gasteiger partial charge < -0.3 is 5.32 Å². The molecule has 1 heterocycles. The van der Waals surface area contributed by atoms with E-state index in [1.807, 2.05) is 42.6 Å². The summed E-state index contributed by atoms with van der Waals surface area (Å²) >= 11 is 1.47. The van der Waals surface area contributed by atoms with Crippen molar-refractivity contribution in [2.45, 2.75) is 20.3 Å². The number of hydrogen-bond acceptors (Lipinski definition) is 3. The van der Waals surface area contributed by atoms with E-state index in [1.54, 1.807) is 6.21 Å². The fourth-order valence-corrected chi connectivity index (χ4v) is 2.43. The van der Waals surface area contributed by atoms with Gasteiger partial charge in [-0.05, 0) is 30.4 Å². The smallest absolute Gasteiger partial charge is 0.254 e. The average molecular weight is 286 g/mol. The van der Waals surface area contributed by atoms with E-state index in [4.69, 9.17) is 0 Å². The van der Waals surface area contributed by atoms with Gasteiger partial charge in [-0.1, -0.05) is 36.8 Å². The molecule has 0 fully saturated rings. The van der Waals surface area contributed by atoms with E-state index in [-0.39, 0.29) is 5.91 Å². The minimum absolute atomic E-state index is 0.0517. The Morgan fingerprint density at radius 2 is 2.05 bits per heavy atom. The Balaban J connectivity index is 2.12. The molecule has 3 nitrogen and oxygen atoms in total. The van der Waals surface area contributed by atoms with Crippen LogP contribution < -0.4 is 5.32 Å². The van der Waals surface area contributed by atoms with Crippen LogP contribution in [0.5, 0.6) is 0 Å². The first-order valence-electron chi connectivity index (χ1n) is 6.67. The van der Waals surface area contributed by atoms with E-state index < -0.39 is 0 Å². The molecule has 2 aromatic rings. The van der Waals surface area contributed by atoms with Crippen molar-refractivity contribution in [3.8, 4) is 0 Å². The van der Waals surface area contributed by atoms with Crippen molar-refractivity contribution in [1.29, 1.82) is 0 Å². The molecule has 104 valence electrons. The lowest BCUT2D eigenvalue weighted by Crippen LogP contribution is -2.23. The highest BCUT2D eigenvalue weighted by molar-refractivity contribution is 7.14. The third-order valence-electron chi connectivity index (χ3n) is 2.83. The predicted molar refractivity (Wildman–Crippen MR) is 85.4 cm³/mol. The molecule has 2 rings (SSSR count). The van der Waals surface area contributed by atoms with E-state index in [1.165, 1.54) is 16.9 Å². The van der Waals surface area contributed by atoms with Gasteiger partial charge >= 0.3 is 0 Å². The number of nitrogens with one attached hydrogen (secondary N) is 1. The summed E-state index contributed by atoms with van der Waals surface area (Å²) in [5.74, 6) is -0.0517. The Labute approximate surface area is 123 Å². The number of thiophene rings is 1. The Kier molecular flexibility index (Phi) is 5.07. The van der Waals surface area contributed by atoms with Gasteiger partial charge in [-0.3, -0.25) is 4.79 Å². The Morgan fingerprint density at radius 3 is 2.75 bits per heavy atom. The van der Waals surface area contributed by atoms with Crippen molar-refractivity contribution in [3.63, 3.8) is 0 Å². The lowest BCUT2D eigenvalue weighted by Gasteiger charge is -2.02. The fraction of sp³-hybridized carbons (Fsp3) is 0.250. The number of benzene rings is 1. The Hall–Kier alpha value is -1.94. The average Bonchev–Trinajstić information content (AvgIpc) is 2.92. The lowest BCUT2D eigenvalue weighted by molar-refractivity contribution is 0.0955. The molecule has 0 aliphatic heterocycles. The summed E-state index contributed by atoms with van der Waals surface area (Å²) in [6.07, 6.45) is 2.72. The van der Waals surface area contributed by atoms with Gasteiger partial charge in [-0.15, -0.1) is 11.3 Å². The normalized spacial score (nSPS) is 10.9. The van der Waals surface area contributed by atoms with Crippen LogP contribution in [0.1, 0.15) is 34.8 Å². The minimum Gasteiger partial charge on any atom is -0.352 e. The van der Waals surface area contributed by atoms with Crippen LogP contribution in [0.4, 0.5) is 5.00 Å². The van der Waals surface area contributed by atoms with Crippen molar-refractivity contribution in [1.82, 2.24) is 5.32 Å². The van der Waals surface area contributed by atoms with Crippen LogP contribution in [-0.4, -0.2) is 18.7 Å². The first kappa shape index (κ1) is 14.5. The maximum Gasteiger partial charge on any atom is 0.254 e. The van der Waals surface area contributed by atoms with Crippen molar-refractivity contribution in [2.75, 3.05) is 6.54 Å². The van der Waals surface area contributed by atoms with Crippen LogP contribution in [-0.2, 0) is 0 Å². The second-order valence-corrected chi connectivity index (χ2v) is 5.46. The molecule has 0 saturated heterocycles. The van der Waals surface area contributed by atoms with Crippen LogP contribution in [0.3, 0.4) is 0 Å². The maximum absolute atomic E-state index is 12.0. The summed E-state index contributed by atoms with van der Waals surface area (Å²) in [4.78, 5) is 16.4. The molecule has 0 bridgehead atoms. The summed E-state index contributed by atoms with van der Waals surface area (Å²) in [5.41, 5.74) is 2.90. The number of carbonyl (C=O) groups is 1. The van der Waals surface area contributed by atoms with E-state index >= 15 is 0 Å². The highest BCUT2D eigenvalue weighted by atomic mass is 32.1. The van der Waals surface area contributed by atoms with Crippen molar-refractivity contribution in [3.05, 3.63) is 52.4 Å². The van der Waals surface area contributed by atoms with Gasteiger partial charge in [0.2, 0.25) is 0 Å². The molecule has 0 saturated carbocycles. The molecule has 0 radical (unpaired) electrons. The summed E-state index contributed by atoms with van der Waals surface area (Å²) < 4.78 is 0. The molecular formula is C16H18N2OS. The van der Waals surface area contributed by atoms with E-state index in [2.05, 4.69) is 17.2 Å². The zero-order valence-electron chi connectivity index (χ0n) is 11.7. The summed E-state index contributed by atoms with van der Waals surface area (Å²) in [6, 6.07) is 9.94. The third-order valence-corrected chi connectivity index (χ3v) is 3.65. The van der Waals surface area contributed by atoms with Gasteiger partial charge in [0.1, 0.15) is 5.00 Å². The number of aliphatic imine (C=N–C) groups is 1. The second-order valence-electron chi connectivity index (χ2n) is 4.56. The Morgan fingerprint density at radius 1 is 1.30 bits per heavy atom. The summed E-state index contributed by atoms with van der Waals surface area (Å²) in [6.45, 7) is 4.77. The number of hydrogen-bond donors (Lipinski definition) is 1. The molecule has 0 unspecified atom stereocenters. The van der Waals surface area contributed by atoms with Gasteiger partial charge in [-0.25, -0.2) is 4.99 Å². The standard InChI is InChI=1S/C16H18N2OS/c1-3-9-17-15(19)14-8-10-20-16(14)18-11-13-6-4-12(2)5-7-13/h4-8,10-11H,3,9H2,1-2H3,(H,17,19)/b18-11+. The van der Waals surface area contributed by atoms with Crippen molar-refractivity contribution >= 4 is 28.5 Å². The second kappa shape index (κ2) is 7.01. The molecule has 0 spiro atoms. The third kappa shape index (κ3) is 3.78. The van der Waals surface area contributed by atoms with Gasteiger partial charge in [0.25, 0.3) is 5.91 Å². The maximum atomic E-state index is 12.0. The number of aryl methyl sites for hydroxylation is 1. The number of carbonyl (C=O) groups excluding carboxylic acids is 1. The zero-order chi connectivity index (χ0) is 14.4. The van der Waals surface area contributed by atoms with E-state index in [0.29, 0.717) is 12.1 Å². The van der Waals surface area contributed by atoms with E-state index in [9.17, 15) is 4.79 Å². The molecular weight excluding hydrogens is 268 g/mol. The van der Waals surface area contributed by atoms with Gasteiger partial charge in [0.05, 0.1) is 5.56 Å². The molecule has 0 aliphatic rings. The predicted octanol–water partition coefficient (Wildman–Crippen LogP) is 3.95. The van der Waals surface area contributed by atoms with E-state index in [0.717, 1.165) is 17.0 Å². The Bertz CT molecular complexity index is 599. The van der Waals surface area contributed by atoms with Crippen LogP contribution >= 0.6 is 11.3 Å². The fourth-order valence-electron chi connectivity index (χ4n) is 1.69. The molecule has 20 heavy (non-hydrogen) atoms. The van der Waals surface area contributed by atoms with Gasteiger partial charge in [0, 0.05) is 12.8 Å². The monoisotopic (exact) mass is 286 g/mol. The quantitative estimate of drug-likeness (QED) is 0.831. The molecule has 1 amide bonds.